The Bertz CT molecular complexity index is 135. The summed E-state index contributed by atoms with van der Waals surface area (Å²) in [5, 5.41) is 0. The molecule has 0 saturated carbocycles. The zero-order chi connectivity index (χ0) is 12.0. The average Bonchev–Trinajstić information content (AvgIpc) is 1.81. The molecule has 3 N–H and O–H groups in total. The van der Waals surface area contributed by atoms with E-state index in [0.29, 0.717) is 0 Å². The molecule has 0 rings (SSSR count). The summed E-state index contributed by atoms with van der Waals surface area (Å²) in [6.45, 7) is 8.90. The van der Waals surface area contributed by atoms with Crippen LogP contribution in [0.1, 0.15) is 40.5 Å². The van der Waals surface area contributed by atoms with Crippen molar-refractivity contribution in [2.45, 2.75) is 46.1 Å². The molecular formula is C8H20BF4N. The lowest BCUT2D eigenvalue weighted by molar-refractivity contribution is -0.479. The van der Waals surface area contributed by atoms with E-state index < -0.39 is 7.25 Å². The van der Waals surface area contributed by atoms with Gasteiger partial charge in [-0.1, -0.05) is 20.3 Å². The highest BCUT2D eigenvalue weighted by Gasteiger charge is 2.22. The smallest absolute Gasteiger partial charge is 0.418 e. The molecule has 0 aliphatic carbocycles. The third-order valence-electron chi connectivity index (χ3n) is 2.06. The molecule has 0 fully saturated rings. The average molecular weight is 217 g/mol. The van der Waals surface area contributed by atoms with Gasteiger partial charge in [-0.25, -0.2) is 0 Å². The van der Waals surface area contributed by atoms with Crippen LogP contribution >= 0.6 is 0 Å². The Balaban J connectivity index is 0. The van der Waals surface area contributed by atoms with Gasteiger partial charge in [-0.2, -0.15) is 0 Å². The molecule has 6 heteroatoms. The van der Waals surface area contributed by atoms with Crippen LogP contribution in [0.3, 0.4) is 0 Å². The number of hydrogen-bond donors (Lipinski definition) is 1. The van der Waals surface area contributed by atoms with Crippen LogP contribution < -0.4 is 5.73 Å². The van der Waals surface area contributed by atoms with Gasteiger partial charge in [-0.3, -0.25) is 0 Å². The molecular weight excluding hydrogens is 197 g/mol. The van der Waals surface area contributed by atoms with Crippen molar-refractivity contribution in [2.75, 3.05) is 0 Å². The summed E-state index contributed by atoms with van der Waals surface area (Å²) < 4.78 is 39.0. The monoisotopic (exact) mass is 217 g/mol. The van der Waals surface area contributed by atoms with E-state index in [-0.39, 0.29) is 5.54 Å². The number of halogens is 4. The Morgan fingerprint density at radius 3 is 1.57 bits per heavy atom. The maximum atomic E-state index is 9.75. The summed E-state index contributed by atoms with van der Waals surface area (Å²) in [6, 6.07) is 0. The van der Waals surface area contributed by atoms with Crippen molar-refractivity contribution in [1.82, 2.24) is 0 Å². The fourth-order valence-electron chi connectivity index (χ4n) is 0.824. The molecule has 0 aromatic carbocycles. The molecule has 0 aromatic rings. The van der Waals surface area contributed by atoms with Crippen LogP contribution in [0.5, 0.6) is 0 Å². The molecule has 0 heterocycles. The summed E-state index contributed by atoms with van der Waals surface area (Å²) in [4.78, 5) is 0. The highest BCUT2D eigenvalue weighted by atomic mass is 19.5. The lowest BCUT2D eigenvalue weighted by atomic mass is 9.87. The van der Waals surface area contributed by atoms with Gasteiger partial charge < -0.3 is 23.0 Å². The van der Waals surface area contributed by atoms with Gasteiger partial charge in [0.05, 0.1) is 5.54 Å². The van der Waals surface area contributed by atoms with Crippen molar-refractivity contribution < 1.29 is 23.0 Å². The quantitative estimate of drug-likeness (QED) is 0.556. The van der Waals surface area contributed by atoms with Gasteiger partial charge in [0.1, 0.15) is 0 Å². The van der Waals surface area contributed by atoms with Crippen molar-refractivity contribution in [1.29, 1.82) is 0 Å². The molecule has 0 bridgehead atoms. The van der Waals surface area contributed by atoms with Crippen molar-refractivity contribution in [3.63, 3.8) is 0 Å². The van der Waals surface area contributed by atoms with Gasteiger partial charge >= 0.3 is 7.25 Å². The van der Waals surface area contributed by atoms with E-state index >= 15 is 0 Å². The second-order valence-electron chi connectivity index (χ2n) is 4.17. The van der Waals surface area contributed by atoms with Crippen LogP contribution in [0.2, 0.25) is 0 Å². The second kappa shape index (κ2) is 6.27. The van der Waals surface area contributed by atoms with Crippen LogP contribution in [0.25, 0.3) is 0 Å². The Morgan fingerprint density at radius 2 is 1.50 bits per heavy atom. The molecule has 88 valence electrons. The molecule has 1 nitrogen and oxygen atoms in total. The normalized spacial score (nSPS) is 14.4. The van der Waals surface area contributed by atoms with Crippen LogP contribution in [0.15, 0.2) is 0 Å². The Labute approximate surface area is 83.2 Å². The van der Waals surface area contributed by atoms with E-state index in [4.69, 9.17) is 0 Å². The summed E-state index contributed by atoms with van der Waals surface area (Å²) in [5.41, 5.74) is 4.35. The van der Waals surface area contributed by atoms with Gasteiger partial charge in [-0.15, -0.1) is 0 Å². The Hall–Kier alpha value is -0.255. The maximum Gasteiger partial charge on any atom is 0.673 e. The first-order chi connectivity index (χ1) is 5.98. The van der Waals surface area contributed by atoms with Gasteiger partial charge in [0, 0.05) is 5.92 Å². The topological polar surface area (TPSA) is 27.6 Å². The molecule has 1 unspecified atom stereocenters. The highest BCUT2D eigenvalue weighted by molar-refractivity contribution is 6.50. The van der Waals surface area contributed by atoms with E-state index in [1.165, 1.54) is 12.8 Å². The number of rotatable bonds is 3. The van der Waals surface area contributed by atoms with Crippen molar-refractivity contribution in [3.05, 3.63) is 0 Å². The van der Waals surface area contributed by atoms with Crippen molar-refractivity contribution in [2.24, 2.45) is 5.92 Å². The summed E-state index contributed by atoms with van der Waals surface area (Å²) in [6.07, 6.45) is 2.58. The summed E-state index contributed by atoms with van der Waals surface area (Å²) >= 11 is 0. The molecule has 0 aromatic heterocycles. The molecule has 0 amide bonds. The van der Waals surface area contributed by atoms with Gasteiger partial charge in [0.2, 0.25) is 0 Å². The minimum atomic E-state index is -6.00. The Morgan fingerprint density at radius 1 is 1.21 bits per heavy atom. The fraction of sp³-hybridized carbons (Fsp3) is 1.00. The first kappa shape index (κ1) is 16.2. The van der Waals surface area contributed by atoms with Crippen LogP contribution in [0.4, 0.5) is 17.3 Å². The first-order valence-electron chi connectivity index (χ1n) is 4.71. The fourth-order valence-corrected chi connectivity index (χ4v) is 0.824. The predicted molar refractivity (Wildman–Crippen MR) is 51.2 cm³/mol. The van der Waals surface area contributed by atoms with Gasteiger partial charge in [0.25, 0.3) is 0 Å². The standard InChI is InChI=1S/C8H19N.BF4/c1-5-6-7(2)8(3,4)9;2-1(3,4)5/h7H,5-6,9H2,1-4H3;/q;-1/p+1. The molecule has 0 radical (unpaired) electrons. The second-order valence-corrected chi connectivity index (χ2v) is 4.17. The zero-order valence-electron chi connectivity index (χ0n) is 9.29. The molecule has 0 spiro atoms. The van der Waals surface area contributed by atoms with E-state index in [0.717, 1.165) is 5.92 Å². The summed E-state index contributed by atoms with van der Waals surface area (Å²) in [7, 11) is -6.00. The minimum Gasteiger partial charge on any atom is -0.418 e. The van der Waals surface area contributed by atoms with E-state index in [1.54, 1.807) is 0 Å². The van der Waals surface area contributed by atoms with Gasteiger partial charge in [-0.05, 0) is 20.3 Å². The molecule has 0 saturated heterocycles. The number of hydrogen-bond acceptors (Lipinski definition) is 0. The van der Waals surface area contributed by atoms with Crippen molar-refractivity contribution >= 4 is 7.25 Å². The SMILES string of the molecule is CCCC(C)C(C)(C)[NH3+].F[B-](F)(F)F. The summed E-state index contributed by atoms with van der Waals surface area (Å²) in [5.74, 6) is 0.752. The highest BCUT2D eigenvalue weighted by Crippen LogP contribution is 2.15. The molecule has 0 aliphatic heterocycles. The first-order valence-corrected chi connectivity index (χ1v) is 4.71. The maximum absolute atomic E-state index is 9.75. The van der Waals surface area contributed by atoms with Crippen LogP contribution in [-0.4, -0.2) is 12.8 Å². The Kier molecular flexibility index (Phi) is 7.25. The minimum absolute atomic E-state index is 0.260. The van der Waals surface area contributed by atoms with Crippen LogP contribution in [0, 0.1) is 5.92 Å². The largest absolute Gasteiger partial charge is 0.673 e. The van der Waals surface area contributed by atoms with E-state index in [2.05, 4.69) is 33.4 Å². The van der Waals surface area contributed by atoms with Crippen LogP contribution in [-0.2, 0) is 0 Å². The van der Waals surface area contributed by atoms with E-state index in [1.807, 2.05) is 0 Å². The van der Waals surface area contributed by atoms with Crippen molar-refractivity contribution in [3.8, 4) is 0 Å². The zero-order valence-corrected chi connectivity index (χ0v) is 9.29. The third kappa shape index (κ3) is 17.7. The molecule has 0 aliphatic rings. The number of quaternary nitrogens is 1. The molecule has 14 heavy (non-hydrogen) atoms. The predicted octanol–water partition coefficient (Wildman–Crippen LogP) is 2.74. The third-order valence-corrected chi connectivity index (χ3v) is 2.06. The lowest BCUT2D eigenvalue weighted by Gasteiger charge is -2.22. The van der Waals surface area contributed by atoms with Gasteiger partial charge in [0.15, 0.2) is 0 Å². The van der Waals surface area contributed by atoms with E-state index in [9.17, 15) is 17.3 Å². The molecule has 1 atom stereocenters. The lowest BCUT2D eigenvalue weighted by Crippen LogP contribution is -2.72.